The number of methoxy groups -OCH3 is 1. The molecule has 8 nitrogen and oxygen atoms in total. The molecule has 1 aliphatic heterocycles. The van der Waals surface area contributed by atoms with Crippen LogP contribution >= 0.6 is 0 Å². The van der Waals surface area contributed by atoms with E-state index in [0.717, 1.165) is 11.1 Å². The zero-order valence-electron chi connectivity index (χ0n) is 14.9. The molecule has 2 aromatic rings. The van der Waals surface area contributed by atoms with E-state index in [0.29, 0.717) is 30.0 Å². The highest BCUT2D eigenvalue weighted by Crippen LogP contribution is 2.40. The molecular formula is C19H22N4O4. The van der Waals surface area contributed by atoms with E-state index < -0.39 is 12.1 Å². The SMILES string of the molecule is COc1ccncc1-c1cccc2c1NC(O)C(C(=O)NCCCO)=C2N. The summed E-state index contributed by atoms with van der Waals surface area (Å²) in [5.74, 6) is 0.153. The molecule has 0 spiro atoms. The molecule has 0 radical (unpaired) electrons. The van der Waals surface area contributed by atoms with E-state index in [1.54, 1.807) is 31.6 Å². The summed E-state index contributed by atoms with van der Waals surface area (Å²) in [5.41, 5.74) is 9.17. The fraction of sp³-hybridized carbons (Fsp3) is 0.263. The number of hydrogen-bond donors (Lipinski definition) is 5. The van der Waals surface area contributed by atoms with Crippen LogP contribution < -0.4 is 21.1 Å². The summed E-state index contributed by atoms with van der Waals surface area (Å²) in [6.07, 6.45) is 2.45. The molecule has 0 fully saturated rings. The number of ether oxygens (including phenoxy) is 1. The quantitative estimate of drug-likeness (QED) is 0.473. The Hall–Kier alpha value is -3.10. The number of carbonyl (C=O) groups is 1. The summed E-state index contributed by atoms with van der Waals surface area (Å²) in [7, 11) is 1.57. The van der Waals surface area contributed by atoms with Crippen LogP contribution in [0.1, 0.15) is 12.0 Å². The molecule has 27 heavy (non-hydrogen) atoms. The summed E-state index contributed by atoms with van der Waals surface area (Å²) >= 11 is 0. The Balaban J connectivity index is 2.05. The van der Waals surface area contributed by atoms with Gasteiger partial charge in [-0.25, -0.2) is 0 Å². The molecule has 1 aromatic heterocycles. The lowest BCUT2D eigenvalue weighted by atomic mass is 9.93. The highest BCUT2D eigenvalue weighted by molar-refractivity contribution is 6.06. The van der Waals surface area contributed by atoms with Crippen LogP contribution in [0.3, 0.4) is 0 Å². The maximum absolute atomic E-state index is 12.4. The van der Waals surface area contributed by atoms with Crippen molar-refractivity contribution in [2.75, 3.05) is 25.6 Å². The summed E-state index contributed by atoms with van der Waals surface area (Å²) < 4.78 is 5.40. The molecule has 6 N–H and O–H groups in total. The Morgan fingerprint density at radius 3 is 2.85 bits per heavy atom. The number of fused-ring (bicyclic) bond motifs is 1. The summed E-state index contributed by atoms with van der Waals surface area (Å²) in [5, 5.41) is 24.9. The third-order valence-corrected chi connectivity index (χ3v) is 4.36. The van der Waals surface area contributed by atoms with Crippen LogP contribution in [0.2, 0.25) is 0 Å². The molecule has 0 aliphatic carbocycles. The molecule has 3 rings (SSSR count). The highest BCUT2D eigenvalue weighted by Gasteiger charge is 2.30. The van der Waals surface area contributed by atoms with Crippen molar-refractivity contribution in [2.24, 2.45) is 5.73 Å². The number of aliphatic hydroxyl groups is 2. The molecule has 0 saturated carbocycles. The van der Waals surface area contributed by atoms with Gasteiger partial charge in [-0.05, 0) is 12.5 Å². The Morgan fingerprint density at radius 2 is 2.11 bits per heavy atom. The first-order chi connectivity index (χ1) is 13.1. The second kappa shape index (κ2) is 8.07. The van der Waals surface area contributed by atoms with Crippen molar-refractivity contribution in [3.05, 3.63) is 47.8 Å². The van der Waals surface area contributed by atoms with Gasteiger partial charge in [0.2, 0.25) is 0 Å². The number of nitrogens with one attached hydrogen (secondary N) is 2. The van der Waals surface area contributed by atoms with Gasteiger partial charge < -0.3 is 31.3 Å². The van der Waals surface area contributed by atoms with Gasteiger partial charge in [-0.1, -0.05) is 18.2 Å². The number of carbonyl (C=O) groups excluding carboxylic acids is 1. The Kier molecular flexibility index (Phi) is 5.58. The van der Waals surface area contributed by atoms with Gasteiger partial charge in [-0.15, -0.1) is 0 Å². The summed E-state index contributed by atoms with van der Waals surface area (Å²) in [6.45, 7) is 0.257. The molecule has 8 heteroatoms. The zero-order valence-corrected chi connectivity index (χ0v) is 14.9. The molecule has 142 valence electrons. The minimum absolute atomic E-state index is 0.0330. The number of benzene rings is 1. The van der Waals surface area contributed by atoms with Crippen molar-refractivity contribution >= 4 is 17.3 Å². The number of aliphatic hydroxyl groups excluding tert-OH is 2. The number of hydrogen-bond acceptors (Lipinski definition) is 7. The maximum atomic E-state index is 12.4. The van der Waals surface area contributed by atoms with E-state index in [2.05, 4.69) is 15.6 Å². The van der Waals surface area contributed by atoms with E-state index >= 15 is 0 Å². The number of anilines is 1. The maximum Gasteiger partial charge on any atom is 0.253 e. The molecule has 1 amide bonds. The topological polar surface area (TPSA) is 130 Å². The number of amides is 1. The summed E-state index contributed by atoms with van der Waals surface area (Å²) in [4.78, 5) is 16.5. The predicted molar refractivity (Wildman–Crippen MR) is 102 cm³/mol. The predicted octanol–water partition coefficient (Wildman–Crippen LogP) is 0.669. The molecule has 0 bridgehead atoms. The van der Waals surface area contributed by atoms with E-state index in [1.165, 1.54) is 0 Å². The first kappa shape index (κ1) is 18.7. The Morgan fingerprint density at radius 1 is 1.33 bits per heavy atom. The fourth-order valence-electron chi connectivity index (χ4n) is 3.04. The van der Waals surface area contributed by atoms with Gasteiger partial charge in [0.05, 0.1) is 24.1 Å². The van der Waals surface area contributed by atoms with Crippen molar-refractivity contribution in [2.45, 2.75) is 12.6 Å². The monoisotopic (exact) mass is 370 g/mol. The number of para-hydroxylation sites is 1. The van der Waals surface area contributed by atoms with Gasteiger partial charge in [-0.2, -0.15) is 0 Å². The van der Waals surface area contributed by atoms with Crippen molar-refractivity contribution in [1.82, 2.24) is 10.3 Å². The normalized spacial score (nSPS) is 15.7. The van der Waals surface area contributed by atoms with Crippen LogP contribution in [-0.2, 0) is 4.79 Å². The van der Waals surface area contributed by atoms with E-state index in [9.17, 15) is 9.90 Å². The summed E-state index contributed by atoms with van der Waals surface area (Å²) in [6, 6.07) is 7.19. The largest absolute Gasteiger partial charge is 0.496 e. The smallest absolute Gasteiger partial charge is 0.253 e. The minimum atomic E-state index is -1.27. The average molecular weight is 370 g/mol. The van der Waals surface area contributed by atoms with Crippen molar-refractivity contribution in [3.63, 3.8) is 0 Å². The lowest BCUT2D eigenvalue weighted by molar-refractivity contribution is -0.118. The van der Waals surface area contributed by atoms with Gasteiger partial charge in [-0.3, -0.25) is 9.78 Å². The van der Waals surface area contributed by atoms with Crippen LogP contribution in [0, 0.1) is 0 Å². The standard InChI is InChI=1S/C19H22N4O4/c1-27-14-6-8-21-10-13(14)11-4-2-5-12-16(20)15(19(26)23-17(11)12)18(25)22-7-3-9-24/h2,4-6,8,10,19,23-24,26H,3,7,9,20H2,1H3,(H,22,25). The Labute approximate surface area is 156 Å². The molecule has 1 aromatic carbocycles. The van der Waals surface area contributed by atoms with Gasteiger partial charge in [0.25, 0.3) is 5.91 Å². The van der Waals surface area contributed by atoms with Gasteiger partial charge in [0, 0.05) is 42.2 Å². The lowest BCUT2D eigenvalue weighted by Gasteiger charge is -2.28. The van der Waals surface area contributed by atoms with Gasteiger partial charge >= 0.3 is 0 Å². The number of rotatable bonds is 6. The van der Waals surface area contributed by atoms with Gasteiger partial charge in [0.1, 0.15) is 5.75 Å². The fourth-order valence-corrected chi connectivity index (χ4v) is 3.04. The van der Waals surface area contributed by atoms with Crippen LogP contribution in [-0.4, -0.2) is 47.6 Å². The number of pyridine rings is 1. The van der Waals surface area contributed by atoms with Crippen LogP contribution in [0.15, 0.2) is 42.2 Å². The zero-order chi connectivity index (χ0) is 19.4. The third-order valence-electron chi connectivity index (χ3n) is 4.36. The van der Waals surface area contributed by atoms with Gasteiger partial charge in [0.15, 0.2) is 6.23 Å². The number of aromatic nitrogens is 1. The highest BCUT2D eigenvalue weighted by atomic mass is 16.5. The molecule has 0 saturated heterocycles. The average Bonchev–Trinajstić information content (AvgIpc) is 2.68. The van der Waals surface area contributed by atoms with E-state index in [1.807, 2.05) is 12.1 Å². The molecule has 1 aliphatic rings. The van der Waals surface area contributed by atoms with Crippen LogP contribution in [0.25, 0.3) is 16.8 Å². The minimum Gasteiger partial charge on any atom is -0.496 e. The second-order valence-corrected chi connectivity index (χ2v) is 6.01. The molecule has 1 unspecified atom stereocenters. The third kappa shape index (κ3) is 3.57. The number of nitrogens with two attached hydrogens (primary N) is 1. The van der Waals surface area contributed by atoms with E-state index in [4.69, 9.17) is 15.6 Å². The molecular weight excluding hydrogens is 348 g/mol. The van der Waals surface area contributed by atoms with Crippen LogP contribution in [0.4, 0.5) is 5.69 Å². The first-order valence-electron chi connectivity index (χ1n) is 8.53. The molecule has 2 heterocycles. The van der Waals surface area contributed by atoms with Crippen molar-refractivity contribution in [3.8, 4) is 16.9 Å². The number of nitrogens with zero attached hydrogens (tertiary/aromatic N) is 1. The Bertz CT molecular complexity index is 882. The van der Waals surface area contributed by atoms with E-state index in [-0.39, 0.29) is 17.9 Å². The second-order valence-electron chi connectivity index (χ2n) is 6.01. The molecule has 1 atom stereocenters. The van der Waals surface area contributed by atoms with Crippen molar-refractivity contribution in [1.29, 1.82) is 0 Å². The first-order valence-corrected chi connectivity index (χ1v) is 8.53. The van der Waals surface area contributed by atoms with Crippen molar-refractivity contribution < 1.29 is 19.7 Å². The van der Waals surface area contributed by atoms with Crippen LogP contribution in [0.5, 0.6) is 5.75 Å². The lowest BCUT2D eigenvalue weighted by Crippen LogP contribution is -2.39.